The van der Waals surface area contributed by atoms with Crippen LogP contribution in [0.5, 0.6) is 0 Å². The standard InChI is InChI=1S/C13H25NO2/c1-3-4-5-6-11(2)12-9-13(16)14(10-12)7-8-15/h11-12,15H,3-10H2,1-2H3. The van der Waals surface area contributed by atoms with Gasteiger partial charge in [-0.15, -0.1) is 0 Å². The number of aliphatic hydroxyl groups excluding tert-OH is 1. The monoisotopic (exact) mass is 227 g/mol. The molecule has 0 saturated carbocycles. The van der Waals surface area contributed by atoms with Crippen LogP contribution in [-0.4, -0.2) is 35.6 Å². The van der Waals surface area contributed by atoms with E-state index >= 15 is 0 Å². The fraction of sp³-hybridized carbons (Fsp3) is 0.923. The Morgan fingerprint density at radius 3 is 2.88 bits per heavy atom. The molecule has 0 aromatic carbocycles. The van der Waals surface area contributed by atoms with Crippen LogP contribution in [0, 0.1) is 11.8 Å². The molecule has 0 aliphatic carbocycles. The Bertz CT molecular complexity index is 218. The van der Waals surface area contributed by atoms with Gasteiger partial charge in [0, 0.05) is 19.5 Å². The third kappa shape index (κ3) is 3.78. The van der Waals surface area contributed by atoms with Crippen LogP contribution < -0.4 is 0 Å². The van der Waals surface area contributed by atoms with E-state index in [-0.39, 0.29) is 12.5 Å². The first kappa shape index (κ1) is 13.5. The lowest BCUT2D eigenvalue weighted by Gasteiger charge is -2.19. The van der Waals surface area contributed by atoms with Gasteiger partial charge in [-0.1, -0.05) is 39.5 Å². The Morgan fingerprint density at radius 2 is 2.25 bits per heavy atom. The summed E-state index contributed by atoms with van der Waals surface area (Å²) >= 11 is 0. The third-order valence-electron chi connectivity index (χ3n) is 3.68. The van der Waals surface area contributed by atoms with Gasteiger partial charge in [0.25, 0.3) is 0 Å². The van der Waals surface area contributed by atoms with E-state index in [1.165, 1.54) is 25.7 Å². The first-order chi connectivity index (χ1) is 7.69. The van der Waals surface area contributed by atoms with Gasteiger partial charge in [-0.05, 0) is 11.8 Å². The van der Waals surface area contributed by atoms with Crippen molar-refractivity contribution in [3.8, 4) is 0 Å². The minimum atomic E-state index is 0.0860. The number of nitrogens with zero attached hydrogens (tertiary/aromatic N) is 1. The molecule has 0 spiro atoms. The van der Waals surface area contributed by atoms with Crippen molar-refractivity contribution in [3.05, 3.63) is 0 Å². The molecule has 94 valence electrons. The molecule has 2 atom stereocenters. The Labute approximate surface area is 98.8 Å². The van der Waals surface area contributed by atoms with Crippen LogP contribution in [0.15, 0.2) is 0 Å². The lowest BCUT2D eigenvalue weighted by Crippen LogP contribution is -2.28. The Kier molecular flexibility index (Phi) is 5.81. The third-order valence-corrected chi connectivity index (χ3v) is 3.68. The molecule has 3 nitrogen and oxygen atoms in total. The highest BCUT2D eigenvalue weighted by molar-refractivity contribution is 5.78. The Balaban J connectivity index is 2.30. The second-order valence-electron chi connectivity index (χ2n) is 5.00. The minimum Gasteiger partial charge on any atom is -0.395 e. The molecule has 1 rings (SSSR count). The summed E-state index contributed by atoms with van der Waals surface area (Å²) < 4.78 is 0. The van der Waals surface area contributed by atoms with Gasteiger partial charge >= 0.3 is 0 Å². The zero-order chi connectivity index (χ0) is 12.0. The van der Waals surface area contributed by atoms with E-state index in [1.807, 2.05) is 0 Å². The highest BCUT2D eigenvalue weighted by Crippen LogP contribution is 2.28. The summed E-state index contributed by atoms with van der Waals surface area (Å²) in [4.78, 5) is 13.4. The van der Waals surface area contributed by atoms with Gasteiger partial charge in [0.2, 0.25) is 5.91 Å². The largest absolute Gasteiger partial charge is 0.395 e. The second kappa shape index (κ2) is 6.89. The number of rotatable bonds is 7. The molecular weight excluding hydrogens is 202 g/mol. The summed E-state index contributed by atoms with van der Waals surface area (Å²) in [5, 5.41) is 8.85. The van der Waals surface area contributed by atoms with Crippen LogP contribution in [0.1, 0.15) is 46.0 Å². The average molecular weight is 227 g/mol. The Hall–Kier alpha value is -0.570. The predicted octanol–water partition coefficient (Wildman–Crippen LogP) is 2.04. The van der Waals surface area contributed by atoms with Gasteiger partial charge in [0.15, 0.2) is 0 Å². The maximum absolute atomic E-state index is 11.6. The number of aliphatic hydroxyl groups is 1. The number of carbonyl (C=O) groups excluding carboxylic acids is 1. The summed E-state index contributed by atoms with van der Waals surface area (Å²) in [5.41, 5.74) is 0. The molecule has 3 heteroatoms. The van der Waals surface area contributed by atoms with Gasteiger partial charge in [0.05, 0.1) is 6.61 Å². The summed E-state index contributed by atoms with van der Waals surface area (Å²) in [6.45, 7) is 5.93. The molecule has 16 heavy (non-hydrogen) atoms. The zero-order valence-corrected chi connectivity index (χ0v) is 10.6. The summed E-state index contributed by atoms with van der Waals surface area (Å²) in [6.07, 6.45) is 5.76. The molecule has 1 amide bonds. The van der Waals surface area contributed by atoms with Gasteiger partial charge in [0.1, 0.15) is 0 Å². The number of carbonyl (C=O) groups is 1. The second-order valence-corrected chi connectivity index (χ2v) is 5.00. The SMILES string of the molecule is CCCCCC(C)C1CC(=O)N(CCO)C1. The first-order valence-corrected chi connectivity index (χ1v) is 6.57. The van der Waals surface area contributed by atoms with E-state index in [0.717, 1.165) is 6.54 Å². The van der Waals surface area contributed by atoms with Crippen LogP contribution in [-0.2, 0) is 4.79 Å². The lowest BCUT2D eigenvalue weighted by atomic mass is 9.88. The van der Waals surface area contributed by atoms with E-state index < -0.39 is 0 Å². The van der Waals surface area contributed by atoms with E-state index in [1.54, 1.807) is 4.90 Å². The van der Waals surface area contributed by atoms with Crippen molar-refractivity contribution >= 4 is 5.91 Å². The molecule has 2 unspecified atom stereocenters. The number of β-amino-alcohol motifs (C(OH)–C–C–N with tert-alkyl or cyclic N) is 1. The van der Waals surface area contributed by atoms with E-state index in [9.17, 15) is 4.79 Å². The van der Waals surface area contributed by atoms with Crippen molar-refractivity contribution in [2.45, 2.75) is 46.0 Å². The molecule has 1 fully saturated rings. The molecule has 1 aliphatic heterocycles. The quantitative estimate of drug-likeness (QED) is 0.676. The number of unbranched alkanes of at least 4 members (excludes halogenated alkanes) is 2. The van der Waals surface area contributed by atoms with Crippen LogP contribution in [0.3, 0.4) is 0 Å². The average Bonchev–Trinajstić information content (AvgIpc) is 2.61. The molecule has 1 saturated heterocycles. The van der Waals surface area contributed by atoms with Gasteiger partial charge in [-0.25, -0.2) is 0 Å². The first-order valence-electron chi connectivity index (χ1n) is 6.57. The van der Waals surface area contributed by atoms with Gasteiger partial charge in [-0.3, -0.25) is 4.79 Å². The van der Waals surface area contributed by atoms with Crippen LogP contribution in [0.2, 0.25) is 0 Å². The summed E-state index contributed by atoms with van der Waals surface area (Å²) in [7, 11) is 0. The highest BCUT2D eigenvalue weighted by atomic mass is 16.3. The van der Waals surface area contributed by atoms with Crippen LogP contribution in [0.25, 0.3) is 0 Å². The maximum Gasteiger partial charge on any atom is 0.223 e. The predicted molar refractivity (Wildman–Crippen MR) is 65.1 cm³/mol. The molecule has 0 radical (unpaired) electrons. The van der Waals surface area contributed by atoms with Crippen molar-refractivity contribution in [2.24, 2.45) is 11.8 Å². The molecule has 1 heterocycles. The van der Waals surface area contributed by atoms with E-state index in [4.69, 9.17) is 5.11 Å². The highest BCUT2D eigenvalue weighted by Gasteiger charge is 2.31. The fourth-order valence-corrected chi connectivity index (χ4v) is 2.47. The van der Waals surface area contributed by atoms with Crippen molar-refractivity contribution < 1.29 is 9.90 Å². The zero-order valence-electron chi connectivity index (χ0n) is 10.6. The van der Waals surface area contributed by atoms with Crippen molar-refractivity contribution in [1.82, 2.24) is 4.90 Å². The normalized spacial score (nSPS) is 22.8. The molecule has 0 aromatic rings. The number of amides is 1. The molecule has 1 aliphatic rings. The smallest absolute Gasteiger partial charge is 0.223 e. The summed E-state index contributed by atoms with van der Waals surface area (Å²) in [6, 6.07) is 0. The van der Waals surface area contributed by atoms with Gasteiger partial charge < -0.3 is 10.0 Å². The minimum absolute atomic E-state index is 0.0860. The lowest BCUT2D eigenvalue weighted by molar-refractivity contribution is -0.128. The van der Waals surface area contributed by atoms with E-state index in [0.29, 0.717) is 24.8 Å². The topological polar surface area (TPSA) is 40.5 Å². The van der Waals surface area contributed by atoms with Crippen LogP contribution >= 0.6 is 0 Å². The van der Waals surface area contributed by atoms with Crippen LogP contribution in [0.4, 0.5) is 0 Å². The number of likely N-dealkylation sites (tertiary alicyclic amines) is 1. The Morgan fingerprint density at radius 1 is 1.50 bits per heavy atom. The van der Waals surface area contributed by atoms with Gasteiger partial charge in [-0.2, -0.15) is 0 Å². The molecule has 0 bridgehead atoms. The van der Waals surface area contributed by atoms with Crippen molar-refractivity contribution in [1.29, 1.82) is 0 Å². The molecule has 1 N–H and O–H groups in total. The van der Waals surface area contributed by atoms with Crippen molar-refractivity contribution in [2.75, 3.05) is 19.7 Å². The molecular formula is C13H25NO2. The van der Waals surface area contributed by atoms with E-state index in [2.05, 4.69) is 13.8 Å². The number of hydrogen-bond acceptors (Lipinski definition) is 2. The maximum atomic E-state index is 11.6. The summed E-state index contributed by atoms with van der Waals surface area (Å²) in [5.74, 6) is 1.37. The number of hydrogen-bond donors (Lipinski definition) is 1. The fourth-order valence-electron chi connectivity index (χ4n) is 2.47. The van der Waals surface area contributed by atoms with Crippen molar-refractivity contribution in [3.63, 3.8) is 0 Å². The molecule has 0 aromatic heterocycles.